The van der Waals surface area contributed by atoms with E-state index in [1.165, 1.54) is 11.3 Å². The highest BCUT2D eigenvalue weighted by molar-refractivity contribution is 7.18. The third-order valence-corrected chi connectivity index (χ3v) is 2.61. The van der Waals surface area contributed by atoms with Crippen molar-refractivity contribution in [1.82, 2.24) is 9.97 Å². The number of hydrogen-bond acceptors (Lipinski definition) is 3. The van der Waals surface area contributed by atoms with Crippen LogP contribution in [0.2, 0.25) is 0 Å². The van der Waals surface area contributed by atoms with Crippen LogP contribution in [-0.2, 0) is 6.18 Å². The van der Waals surface area contributed by atoms with Crippen LogP contribution in [0.15, 0.2) is 12.3 Å². The Labute approximate surface area is 95.2 Å². The molecule has 0 fully saturated rings. The predicted octanol–water partition coefficient (Wildman–Crippen LogP) is 4.04. The number of hydrogen-bond donors (Lipinski definition) is 0. The van der Waals surface area contributed by atoms with Gasteiger partial charge in [0.1, 0.15) is 5.69 Å². The first-order chi connectivity index (χ1) is 7.47. The lowest BCUT2D eigenvalue weighted by atomic mass is 10.3. The monoisotopic (exact) mass is 248 g/mol. The molecule has 0 atom stereocenters. The maximum absolute atomic E-state index is 12.2. The molecule has 2 rings (SSSR count). The van der Waals surface area contributed by atoms with Crippen molar-refractivity contribution in [2.45, 2.75) is 26.9 Å². The minimum absolute atomic E-state index is 0.514. The van der Waals surface area contributed by atoms with Crippen molar-refractivity contribution < 1.29 is 13.2 Å². The molecule has 0 aliphatic rings. The molecule has 2 heterocycles. The Hall–Kier alpha value is -1.17. The number of thiazole rings is 1. The van der Waals surface area contributed by atoms with Gasteiger partial charge >= 0.3 is 6.18 Å². The van der Waals surface area contributed by atoms with Crippen molar-refractivity contribution in [1.29, 1.82) is 0 Å². The topological polar surface area (TPSA) is 25.8 Å². The van der Waals surface area contributed by atoms with Gasteiger partial charge in [-0.15, -0.1) is 11.3 Å². The lowest BCUT2D eigenvalue weighted by Gasteiger charge is -2.03. The highest BCUT2D eigenvalue weighted by Gasteiger charge is 2.32. The predicted molar refractivity (Wildman–Crippen MR) is 58.5 cm³/mol. The van der Waals surface area contributed by atoms with Gasteiger partial charge in [0.15, 0.2) is 0 Å². The molecule has 0 N–H and O–H groups in total. The molecule has 0 saturated heterocycles. The molecule has 2 aromatic rings. The minimum Gasteiger partial charge on any atom is -0.249 e. The molecule has 6 heteroatoms. The van der Waals surface area contributed by atoms with Crippen molar-refractivity contribution in [3.8, 4) is 0 Å². The second-order valence-electron chi connectivity index (χ2n) is 2.77. The summed E-state index contributed by atoms with van der Waals surface area (Å²) in [7, 11) is 0. The molecule has 0 aliphatic heterocycles. The zero-order valence-electron chi connectivity index (χ0n) is 9.09. The Morgan fingerprint density at radius 3 is 2.44 bits per heavy atom. The highest BCUT2D eigenvalue weighted by atomic mass is 32.1. The van der Waals surface area contributed by atoms with Crippen molar-refractivity contribution in [2.75, 3.05) is 0 Å². The summed E-state index contributed by atoms with van der Waals surface area (Å²) >= 11 is 1.23. The molecule has 0 radical (unpaired) electrons. The van der Waals surface area contributed by atoms with Gasteiger partial charge in [0.05, 0.1) is 21.4 Å². The maximum atomic E-state index is 12.2. The molecule has 0 spiro atoms. The van der Waals surface area contributed by atoms with Crippen LogP contribution in [-0.4, -0.2) is 9.97 Å². The number of aryl methyl sites for hydroxylation is 1. The van der Waals surface area contributed by atoms with Crippen LogP contribution in [0.4, 0.5) is 13.2 Å². The van der Waals surface area contributed by atoms with E-state index in [1.807, 2.05) is 13.8 Å². The van der Waals surface area contributed by atoms with Crippen LogP contribution in [0.5, 0.6) is 0 Å². The van der Waals surface area contributed by atoms with Gasteiger partial charge in [-0.05, 0) is 13.0 Å². The molecular weight excluding hydrogens is 237 g/mol. The van der Waals surface area contributed by atoms with Gasteiger partial charge in [0.25, 0.3) is 0 Å². The zero-order chi connectivity index (χ0) is 12.3. The average molecular weight is 248 g/mol. The Morgan fingerprint density at radius 2 is 1.88 bits per heavy atom. The number of pyridine rings is 1. The quantitative estimate of drug-likeness (QED) is 0.703. The summed E-state index contributed by atoms with van der Waals surface area (Å²) < 4.78 is 37.3. The molecule has 2 nitrogen and oxygen atoms in total. The fourth-order valence-corrected chi connectivity index (χ4v) is 1.94. The summed E-state index contributed by atoms with van der Waals surface area (Å²) in [6.45, 7) is 5.75. The largest absolute Gasteiger partial charge is 0.433 e. The van der Waals surface area contributed by atoms with Crippen LogP contribution < -0.4 is 0 Å². The van der Waals surface area contributed by atoms with Gasteiger partial charge in [-0.2, -0.15) is 13.2 Å². The van der Waals surface area contributed by atoms with Crippen LogP contribution >= 0.6 is 11.3 Å². The van der Waals surface area contributed by atoms with E-state index >= 15 is 0 Å². The van der Waals surface area contributed by atoms with Gasteiger partial charge in [-0.3, -0.25) is 0 Å². The van der Waals surface area contributed by atoms with Gasteiger partial charge in [0.2, 0.25) is 0 Å². The summed E-state index contributed by atoms with van der Waals surface area (Å²) in [5.74, 6) is 0. The van der Waals surface area contributed by atoms with E-state index in [9.17, 15) is 13.2 Å². The van der Waals surface area contributed by atoms with E-state index in [4.69, 9.17) is 0 Å². The Bertz CT molecular complexity index is 476. The number of halogens is 3. The number of rotatable bonds is 0. The Morgan fingerprint density at radius 1 is 1.25 bits per heavy atom. The van der Waals surface area contributed by atoms with E-state index in [0.29, 0.717) is 10.2 Å². The van der Waals surface area contributed by atoms with Gasteiger partial charge in [-0.25, -0.2) is 9.97 Å². The van der Waals surface area contributed by atoms with Crippen LogP contribution in [0.3, 0.4) is 0 Å². The maximum Gasteiger partial charge on any atom is 0.433 e. The van der Waals surface area contributed by atoms with E-state index < -0.39 is 11.9 Å². The van der Waals surface area contributed by atoms with Gasteiger partial charge < -0.3 is 0 Å². The number of aromatic nitrogens is 2. The van der Waals surface area contributed by atoms with Crippen LogP contribution in [0.1, 0.15) is 24.5 Å². The molecular formula is C10H11F3N2S. The highest BCUT2D eigenvalue weighted by Crippen LogP contribution is 2.31. The van der Waals surface area contributed by atoms with Crippen molar-refractivity contribution in [3.63, 3.8) is 0 Å². The van der Waals surface area contributed by atoms with Crippen LogP contribution in [0.25, 0.3) is 10.2 Å². The summed E-state index contributed by atoms with van der Waals surface area (Å²) in [5, 5.41) is 0.737. The lowest BCUT2D eigenvalue weighted by Crippen LogP contribution is -2.06. The zero-order valence-corrected chi connectivity index (χ0v) is 9.91. The molecule has 0 aliphatic carbocycles. The lowest BCUT2D eigenvalue weighted by molar-refractivity contribution is -0.141. The Balaban J connectivity index is 0.000000606. The normalized spacial score (nSPS) is 11.1. The first kappa shape index (κ1) is 12.9. The SMILES string of the molecule is CC.Cc1nc2cnc(C(F)(F)F)cc2s1. The first-order valence-corrected chi connectivity index (χ1v) is 5.59. The van der Waals surface area contributed by atoms with Crippen molar-refractivity contribution in [3.05, 3.63) is 23.0 Å². The van der Waals surface area contributed by atoms with Crippen molar-refractivity contribution in [2.24, 2.45) is 0 Å². The van der Waals surface area contributed by atoms with E-state index in [0.717, 1.165) is 17.3 Å². The number of alkyl halides is 3. The van der Waals surface area contributed by atoms with Crippen molar-refractivity contribution >= 4 is 21.6 Å². The standard InChI is InChI=1S/C8H5F3N2S.C2H6/c1-4-13-5-3-12-7(8(9,10)11)2-6(5)14-4;1-2/h2-3H,1H3;1-2H3. The van der Waals surface area contributed by atoms with E-state index in [2.05, 4.69) is 9.97 Å². The molecule has 0 amide bonds. The summed E-state index contributed by atoms with van der Waals surface area (Å²) in [4.78, 5) is 7.34. The molecule has 0 saturated carbocycles. The molecule has 16 heavy (non-hydrogen) atoms. The molecule has 0 unspecified atom stereocenters. The average Bonchev–Trinajstić information content (AvgIpc) is 2.58. The first-order valence-electron chi connectivity index (χ1n) is 4.77. The molecule has 0 bridgehead atoms. The second-order valence-corrected chi connectivity index (χ2v) is 4.00. The number of nitrogens with zero attached hydrogens (tertiary/aromatic N) is 2. The third-order valence-electron chi connectivity index (χ3n) is 1.67. The summed E-state index contributed by atoms with van der Waals surface area (Å²) in [6.07, 6.45) is -3.23. The van der Waals surface area contributed by atoms with E-state index in [-0.39, 0.29) is 0 Å². The minimum atomic E-state index is -4.38. The molecule has 0 aromatic carbocycles. The second kappa shape index (κ2) is 4.78. The summed E-state index contributed by atoms with van der Waals surface area (Å²) in [6, 6.07) is 1.03. The van der Waals surface area contributed by atoms with Gasteiger partial charge in [0, 0.05) is 0 Å². The summed E-state index contributed by atoms with van der Waals surface area (Å²) in [5.41, 5.74) is -0.353. The number of fused-ring (bicyclic) bond motifs is 1. The van der Waals surface area contributed by atoms with E-state index in [1.54, 1.807) is 6.92 Å². The fourth-order valence-electron chi connectivity index (χ4n) is 1.10. The van der Waals surface area contributed by atoms with Gasteiger partial charge in [-0.1, -0.05) is 13.8 Å². The smallest absolute Gasteiger partial charge is 0.249 e. The third kappa shape index (κ3) is 2.69. The molecule has 88 valence electrons. The van der Waals surface area contributed by atoms with Crippen LogP contribution in [0, 0.1) is 6.92 Å². The fraction of sp³-hybridized carbons (Fsp3) is 0.400. The Kier molecular flexibility index (Phi) is 3.85. The molecule has 2 aromatic heterocycles.